The Morgan fingerprint density at radius 1 is 1.14 bits per heavy atom. The molecule has 2 aromatic heterocycles. The zero-order valence-electron chi connectivity index (χ0n) is 7.68. The molecule has 0 radical (unpaired) electrons. The molecule has 0 aliphatic carbocycles. The molecule has 72 valence electrons. The molecule has 2 aromatic rings. The zero-order chi connectivity index (χ0) is 9.64. The van der Waals surface area contributed by atoms with Gasteiger partial charge in [-0.05, 0) is 17.7 Å². The fourth-order valence-electron chi connectivity index (χ4n) is 1.16. The van der Waals surface area contributed by atoms with Crippen LogP contribution in [0.1, 0.15) is 11.3 Å². The van der Waals surface area contributed by atoms with Crippen LogP contribution in [0.2, 0.25) is 0 Å². The van der Waals surface area contributed by atoms with E-state index in [0.29, 0.717) is 0 Å². The van der Waals surface area contributed by atoms with Gasteiger partial charge in [-0.25, -0.2) is 0 Å². The van der Waals surface area contributed by atoms with Crippen molar-refractivity contribution < 1.29 is 4.52 Å². The van der Waals surface area contributed by atoms with Gasteiger partial charge in [-0.15, -0.1) is 0 Å². The van der Waals surface area contributed by atoms with Crippen LogP contribution in [-0.4, -0.2) is 10.1 Å². The first kappa shape index (κ1) is 8.90. The Bertz CT molecular complexity index is 358. The Morgan fingerprint density at radius 2 is 2.00 bits per heavy atom. The second kappa shape index (κ2) is 4.53. The highest BCUT2D eigenvalue weighted by Crippen LogP contribution is 1.97. The van der Waals surface area contributed by atoms with E-state index in [-0.39, 0.29) is 0 Å². The van der Waals surface area contributed by atoms with E-state index in [4.69, 9.17) is 4.52 Å². The second-order valence-electron chi connectivity index (χ2n) is 2.95. The molecule has 0 aliphatic heterocycles. The first-order chi connectivity index (χ1) is 6.95. The monoisotopic (exact) mass is 189 g/mol. The fourth-order valence-corrected chi connectivity index (χ4v) is 1.16. The molecule has 0 saturated carbocycles. The number of hydrogen-bond donors (Lipinski definition) is 1. The van der Waals surface area contributed by atoms with Gasteiger partial charge in [0.25, 0.3) is 0 Å². The zero-order valence-corrected chi connectivity index (χ0v) is 7.68. The molecule has 0 unspecified atom stereocenters. The number of aromatic nitrogens is 2. The van der Waals surface area contributed by atoms with Crippen LogP contribution in [0.5, 0.6) is 0 Å². The van der Waals surface area contributed by atoms with Crippen LogP contribution in [0.3, 0.4) is 0 Å². The van der Waals surface area contributed by atoms with Gasteiger partial charge < -0.3 is 9.84 Å². The van der Waals surface area contributed by atoms with Crippen molar-refractivity contribution in [1.82, 2.24) is 15.5 Å². The molecule has 0 aliphatic rings. The maximum Gasteiger partial charge on any atom is 0.124 e. The number of pyridine rings is 1. The minimum atomic E-state index is 0.721. The average molecular weight is 189 g/mol. The van der Waals surface area contributed by atoms with Crippen LogP contribution in [0.15, 0.2) is 41.4 Å². The van der Waals surface area contributed by atoms with Crippen LogP contribution in [0.4, 0.5) is 0 Å². The van der Waals surface area contributed by atoms with Gasteiger partial charge in [0.2, 0.25) is 0 Å². The summed E-state index contributed by atoms with van der Waals surface area (Å²) < 4.78 is 4.72. The lowest BCUT2D eigenvalue weighted by Crippen LogP contribution is -2.12. The SMILES string of the molecule is c1cc(CNCc2ccon2)ccn1. The van der Waals surface area contributed by atoms with Crippen LogP contribution in [0.25, 0.3) is 0 Å². The Hall–Kier alpha value is -1.68. The van der Waals surface area contributed by atoms with E-state index in [1.165, 1.54) is 5.56 Å². The van der Waals surface area contributed by atoms with E-state index < -0.39 is 0 Å². The molecule has 1 N–H and O–H groups in total. The molecule has 0 atom stereocenters. The Kier molecular flexibility index (Phi) is 2.88. The molecule has 4 heteroatoms. The van der Waals surface area contributed by atoms with E-state index in [1.807, 2.05) is 18.2 Å². The molecule has 2 rings (SSSR count). The van der Waals surface area contributed by atoms with Crippen LogP contribution >= 0.6 is 0 Å². The predicted molar refractivity (Wildman–Crippen MR) is 51.3 cm³/mol. The van der Waals surface area contributed by atoms with E-state index in [2.05, 4.69) is 15.5 Å². The first-order valence-corrected chi connectivity index (χ1v) is 4.44. The molecular formula is C10H11N3O. The summed E-state index contributed by atoms with van der Waals surface area (Å²) in [6.07, 6.45) is 5.14. The van der Waals surface area contributed by atoms with Gasteiger partial charge in [0.15, 0.2) is 0 Å². The molecule has 14 heavy (non-hydrogen) atoms. The van der Waals surface area contributed by atoms with Crippen molar-refractivity contribution in [2.24, 2.45) is 0 Å². The third-order valence-corrected chi connectivity index (χ3v) is 1.88. The summed E-state index contributed by atoms with van der Waals surface area (Å²) in [6.45, 7) is 1.54. The molecule has 4 nitrogen and oxygen atoms in total. The van der Waals surface area contributed by atoms with Crippen molar-refractivity contribution >= 4 is 0 Å². The van der Waals surface area contributed by atoms with Crippen molar-refractivity contribution in [3.63, 3.8) is 0 Å². The number of rotatable bonds is 4. The summed E-state index contributed by atoms with van der Waals surface area (Å²) in [5.74, 6) is 0. The minimum Gasteiger partial charge on any atom is -0.364 e. The lowest BCUT2D eigenvalue weighted by atomic mass is 10.3. The molecule has 0 spiro atoms. The van der Waals surface area contributed by atoms with Crippen molar-refractivity contribution in [3.05, 3.63) is 48.1 Å². The van der Waals surface area contributed by atoms with Crippen molar-refractivity contribution in [1.29, 1.82) is 0 Å². The lowest BCUT2D eigenvalue weighted by molar-refractivity contribution is 0.408. The fraction of sp³-hybridized carbons (Fsp3) is 0.200. The molecule has 0 bridgehead atoms. The van der Waals surface area contributed by atoms with Gasteiger partial charge >= 0.3 is 0 Å². The van der Waals surface area contributed by atoms with E-state index in [1.54, 1.807) is 18.7 Å². The van der Waals surface area contributed by atoms with Gasteiger partial charge in [0, 0.05) is 31.5 Å². The normalized spacial score (nSPS) is 10.3. The predicted octanol–water partition coefficient (Wildman–Crippen LogP) is 1.36. The van der Waals surface area contributed by atoms with Crippen LogP contribution < -0.4 is 5.32 Å². The molecule has 2 heterocycles. The Labute approximate surface area is 82.0 Å². The largest absolute Gasteiger partial charge is 0.364 e. The summed E-state index contributed by atoms with van der Waals surface area (Å²) in [5, 5.41) is 7.05. The highest BCUT2D eigenvalue weighted by Gasteiger charge is 1.95. The topological polar surface area (TPSA) is 51.0 Å². The minimum absolute atomic E-state index is 0.721. The van der Waals surface area contributed by atoms with Gasteiger partial charge in [-0.1, -0.05) is 5.16 Å². The van der Waals surface area contributed by atoms with Crippen molar-refractivity contribution in [3.8, 4) is 0 Å². The summed E-state index contributed by atoms with van der Waals surface area (Å²) in [7, 11) is 0. The van der Waals surface area contributed by atoms with Gasteiger partial charge in [0.05, 0.1) is 5.69 Å². The maximum atomic E-state index is 4.72. The third kappa shape index (κ3) is 2.40. The van der Waals surface area contributed by atoms with Gasteiger partial charge in [-0.3, -0.25) is 4.98 Å². The number of hydrogen-bond acceptors (Lipinski definition) is 4. The smallest absolute Gasteiger partial charge is 0.124 e. The van der Waals surface area contributed by atoms with E-state index >= 15 is 0 Å². The van der Waals surface area contributed by atoms with E-state index in [0.717, 1.165) is 18.8 Å². The molecular weight excluding hydrogens is 178 g/mol. The van der Waals surface area contributed by atoms with Crippen LogP contribution in [0, 0.1) is 0 Å². The summed E-state index contributed by atoms with van der Waals surface area (Å²) >= 11 is 0. The molecule has 0 amide bonds. The second-order valence-corrected chi connectivity index (χ2v) is 2.95. The van der Waals surface area contributed by atoms with Crippen molar-refractivity contribution in [2.75, 3.05) is 0 Å². The lowest BCUT2D eigenvalue weighted by Gasteiger charge is -2.01. The van der Waals surface area contributed by atoms with Crippen molar-refractivity contribution in [2.45, 2.75) is 13.1 Å². The van der Waals surface area contributed by atoms with Gasteiger partial charge in [0.1, 0.15) is 6.26 Å². The highest BCUT2D eigenvalue weighted by atomic mass is 16.5. The highest BCUT2D eigenvalue weighted by molar-refractivity contribution is 5.09. The summed E-state index contributed by atoms with van der Waals surface area (Å²) in [6, 6.07) is 5.81. The number of nitrogens with zero attached hydrogens (tertiary/aromatic N) is 2. The average Bonchev–Trinajstić information content (AvgIpc) is 2.72. The molecule has 0 fully saturated rings. The maximum absolute atomic E-state index is 4.72. The molecule has 0 saturated heterocycles. The Morgan fingerprint density at radius 3 is 2.71 bits per heavy atom. The van der Waals surface area contributed by atoms with Crippen LogP contribution in [-0.2, 0) is 13.1 Å². The first-order valence-electron chi connectivity index (χ1n) is 4.44. The summed E-state index contributed by atoms with van der Waals surface area (Å²) in [5.41, 5.74) is 2.13. The Balaban J connectivity index is 1.79. The van der Waals surface area contributed by atoms with E-state index in [9.17, 15) is 0 Å². The van der Waals surface area contributed by atoms with Gasteiger partial charge in [-0.2, -0.15) is 0 Å². The number of nitrogens with one attached hydrogen (secondary N) is 1. The quantitative estimate of drug-likeness (QED) is 0.789. The third-order valence-electron chi connectivity index (χ3n) is 1.88. The molecule has 0 aromatic carbocycles. The summed E-state index contributed by atoms with van der Waals surface area (Å²) in [4.78, 5) is 3.95. The standard InChI is InChI=1S/C10H11N3O/c1-4-11-5-2-9(1)7-12-8-10-3-6-14-13-10/h1-6,12H,7-8H2.